The van der Waals surface area contributed by atoms with Gasteiger partial charge >= 0.3 is 0 Å². The van der Waals surface area contributed by atoms with Crippen molar-refractivity contribution in [1.29, 1.82) is 0 Å². The molecule has 8 nitrogen and oxygen atoms in total. The SMILES string of the molecule is CSC[C@H]1O[C@@H](n2cnc3c(N)ncnc32)C(O)[C@H]1O. The van der Waals surface area contributed by atoms with Crippen molar-refractivity contribution in [3.8, 4) is 0 Å². The predicted octanol–water partition coefficient (Wildman–Crippen LogP) is -0.609. The quantitative estimate of drug-likeness (QED) is 0.686. The van der Waals surface area contributed by atoms with Crippen molar-refractivity contribution in [3.63, 3.8) is 0 Å². The maximum atomic E-state index is 10.1. The molecule has 9 heteroatoms. The first-order valence-corrected chi connectivity index (χ1v) is 7.46. The van der Waals surface area contributed by atoms with Gasteiger partial charge in [-0.2, -0.15) is 11.8 Å². The highest BCUT2D eigenvalue weighted by Crippen LogP contribution is 2.32. The smallest absolute Gasteiger partial charge is 0.167 e. The van der Waals surface area contributed by atoms with Crippen LogP contribution in [0.25, 0.3) is 11.2 Å². The van der Waals surface area contributed by atoms with Gasteiger partial charge in [-0.25, -0.2) is 15.0 Å². The highest BCUT2D eigenvalue weighted by Gasteiger charge is 2.43. The van der Waals surface area contributed by atoms with Crippen LogP contribution in [0.1, 0.15) is 6.23 Å². The molecule has 3 heterocycles. The van der Waals surface area contributed by atoms with Gasteiger partial charge in [0.15, 0.2) is 17.7 Å². The van der Waals surface area contributed by atoms with Gasteiger partial charge in [-0.05, 0) is 6.26 Å². The molecule has 1 saturated heterocycles. The third kappa shape index (κ3) is 2.03. The fourth-order valence-corrected chi connectivity index (χ4v) is 2.92. The van der Waals surface area contributed by atoms with Gasteiger partial charge in [-0.1, -0.05) is 0 Å². The Morgan fingerprint density at radius 1 is 1.35 bits per heavy atom. The highest BCUT2D eigenvalue weighted by atomic mass is 32.2. The van der Waals surface area contributed by atoms with Gasteiger partial charge in [-0.3, -0.25) is 4.57 Å². The lowest BCUT2D eigenvalue weighted by molar-refractivity contribution is -0.0288. The van der Waals surface area contributed by atoms with Crippen LogP contribution in [0.3, 0.4) is 0 Å². The van der Waals surface area contributed by atoms with Crippen LogP contribution in [-0.2, 0) is 4.74 Å². The number of thioether (sulfide) groups is 1. The third-order valence-corrected chi connectivity index (χ3v) is 3.99. The fraction of sp³-hybridized carbons (Fsp3) is 0.545. The van der Waals surface area contributed by atoms with E-state index in [1.807, 2.05) is 6.26 Å². The number of aromatic nitrogens is 4. The molecule has 0 bridgehead atoms. The molecular weight excluding hydrogens is 282 g/mol. The van der Waals surface area contributed by atoms with Gasteiger partial charge in [0.1, 0.15) is 24.1 Å². The highest BCUT2D eigenvalue weighted by molar-refractivity contribution is 7.98. The summed E-state index contributed by atoms with van der Waals surface area (Å²) in [5, 5.41) is 20.2. The van der Waals surface area contributed by atoms with Crippen molar-refractivity contribution in [1.82, 2.24) is 19.5 Å². The van der Waals surface area contributed by atoms with E-state index in [1.54, 1.807) is 16.3 Å². The number of hydrogen-bond donors (Lipinski definition) is 3. The number of nitrogen functional groups attached to an aromatic ring is 1. The number of imidazole rings is 1. The minimum absolute atomic E-state index is 0.266. The van der Waals surface area contributed by atoms with Crippen molar-refractivity contribution in [2.24, 2.45) is 0 Å². The Kier molecular flexibility index (Phi) is 3.50. The molecular formula is C11H15N5O3S. The summed E-state index contributed by atoms with van der Waals surface area (Å²) < 4.78 is 7.29. The van der Waals surface area contributed by atoms with Gasteiger partial charge in [-0.15, -0.1) is 0 Å². The summed E-state index contributed by atoms with van der Waals surface area (Å²) in [6, 6.07) is 0. The normalized spacial score (nSPS) is 30.1. The second kappa shape index (κ2) is 5.17. The molecule has 0 spiro atoms. The summed E-state index contributed by atoms with van der Waals surface area (Å²) in [4.78, 5) is 12.1. The summed E-state index contributed by atoms with van der Waals surface area (Å²) in [5.41, 5.74) is 6.64. The Balaban J connectivity index is 1.97. The first-order chi connectivity index (χ1) is 9.63. The predicted molar refractivity (Wildman–Crippen MR) is 74.0 cm³/mol. The molecule has 20 heavy (non-hydrogen) atoms. The second-order valence-corrected chi connectivity index (χ2v) is 5.50. The summed E-state index contributed by atoms with van der Waals surface area (Å²) >= 11 is 1.54. The van der Waals surface area contributed by atoms with Crippen molar-refractivity contribution in [2.45, 2.75) is 24.5 Å². The van der Waals surface area contributed by atoms with Gasteiger partial charge in [0.2, 0.25) is 0 Å². The summed E-state index contributed by atoms with van der Waals surface area (Å²) in [6.07, 6.45) is 1.58. The average Bonchev–Trinajstić information content (AvgIpc) is 2.97. The van der Waals surface area contributed by atoms with Crippen LogP contribution >= 0.6 is 11.8 Å². The first kappa shape index (κ1) is 13.6. The number of anilines is 1. The fourth-order valence-electron chi connectivity index (χ4n) is 2.32. The van der Waals surface area contributed by atoms with Crippen molar-refractivity contribution in [3.05, 3.63) is 12.7 Å². The lowest BCUT2D eigenvalue weighted by atomic mass is 10.1. The standard InChI is InChI=1S/C11H15N5O3S/c1-20-2-5-7(17)8(18)11(19-5)16-4-15-6-9(12)13-3-14-10(6)16/h3-5,7-8,11,17-18H,2H2,1H3,(H2,12,13,14)/t5-,7+,8?,11-/m1/s1. The van der Waals surface area contributed by atoms with Crippen molar-refractivity contribution < 1.29 is 14.9 Å². The Morgan fingerprint density at radius 2 is 2.15 bits per heavy atom. The van der Waals surface area contributed by atoms with Gasteiger partial charge < -0.3 is 20.7 Å². The molecule has 1 unspecified atom stereocenters. The first-order valence-electron chi connectivity index (χ1n) is 6.07. The zero-order valence-electron chi connectivity index (χ0n) is 10.7. The summed E-state index contributed by atoms with van der Waals surface area (Å²) in [7, 11) is 0. The molecule has 2 aromatic rings. The zero-order chi connectivity index (χ0) is 14.3. The number of ether oxygens (including phenoxy) is 1. The van der Waals surface area contributed by atoms with E-state index in [-0.39, 0.29) is 5.82 Å². The van der Waals surface area contributed by atoms with Crippen molar-refractivity contribution in [2.75, 3.05) is 17.7 Å². The van der Waals surface area contributed by atoms with E-state index in [2.05, 4.69) is 15.0 Å². The van der Waals surface area contributed by atoms with E-state index < -0.39 is 24.5 Å². The largest absolute Gasteiger partial charge is 0.387 e. The van der Waals surface area contributed by atoms with Crippen LogP contribution in [0.2, 0.25) is 0 Å². The number of hydrogen-bond acceptors (Lipinski definition) is 8. The van der Waals surface area contributed by atoms with Gasteiger partial charge in [0.25, 0.3) is 0 Å². The lowest BCUT2D eigenvalue weighted by Crippen LogP contribution is -2.32. The molecule has 0 aliphatic carbocycles. The Labute approximate surface area is 119 Å². The van der Waals surface area contributed by atoms with Crippen LogP contribution in [0.4, 0.5) is 5.82 Å². The molecule has 0 amide bonds. The number of aliphatic hydroxyl groups excluding tert-OH is 2. The molecule has 1 fully saturated rings. The average molecular weight is 297 g/mol. The van der Waals surface area contributed by atoms with Crippen LogP contribution in [-0.4, -0.2) is 60.1 Å². The lowest BCUT2D eigenvalue weighted by Gasteiger charge is -2.16. The van der Waals surface area contributed by atoms with Gasteiger partial charge in [0.05, 0.1) is 12.4 Å². The second-order valence-electron chi connectivity index (χ2n) is 4.58. The van der Waals surface area contributed by atoms with Crippen LogP contribution in [0.5, 0.6) is 0 Å². The minimum atomic E-state index is -1.04. The molecule has 3 rings (SSSR count). The molecule has 1 aliphatic rings. The van der Waals surface area contributed by atoms with Gasteiger partial charge in [0, 0.05) is 5.75 Å². The van der Waals surface area contributed by atoms with E-state index in [0.717, 1.165) is 0 Å². The van der Waals surface area contributed by atoms with E-state index in [0.29, 0.717) is 16.9 Å². The van der Waals surface area contributed by atoms with Crippen LogP contribution in [0, 0.1) is 0 Å². The Hall–Kier alpha value is -1.42. The molecule has 4 atom stereocenters. The molecule has 108 valence electrons. The van der Waals surface area contributed by atoms with E-state index in [4.69, 9.17) is 10.5 Å². The number of aliphatic hydroxyl groups is 2. The van der Waals surface area contributed by atoms with Crippen LogP contribution in [0.15, 0.2) is 12.7 Å². The van der Waals surface area contributed by atoms with Crippen LogP contribution < -0.4 is 5.73 Å². The van der Waals surface area contributed by atoms with E-state index >= 15 is 0 Å². The molecule has 2 aromatic heterocycles. The van der Waals surface area contributed by atoms with E-state index in [9.17, 15) is 10.2 Å². The molecule has 0 aromatic carbocycles. The summed E-state index contributed by atoms with van der Waals surface area (Å²) in [6.45, 7) is 0. The van der Waals surface area contributed by atoms with E-state index in [1.165, 1.54) is 12.7 Å². The Bertz CT molecular complexity index is 621. The number of rotatable bonds is 3. The molecule has 0 radical (unpaired) electrons. The van der Waals surface area contributed by atoms with Crippen molar-refractivity contribution >= 4 is 28.7 Å². The maximum Gasteiger partial charge on any atom is 0.167 e. The third-order valence-electron chi connectivity index (χ3n) is 3.33. The monoisotopic (exact) mass is 297 g/mol. The number of nitrogens with two attached hydrogens (primary N) is 1. The minimum Gasteiger partial charge on any atom is -0.387 e. The zero-order valence-corrected chi connectivity index (χ0v) is 11.6. The number of nitrogens with zero attached hydrogens (tertiary/aromatic N) is 4. The molecule has 0 saturated carbocycles. The maximum absolute atomic E-state index is 10.1. The molecule has 4 N–H and O–H groups in total. The topological polar surface area (TPSA) is 119 Å². The number of fused-ring (bicyclic) bond motifs is 1. The Morgan fingerprint density at radius 3 is 2.90 bits per heavy atom. The molecule has 1 aliphatic heterocycles. The summed E-state index contributed by atoms with van der Waals surface area (Å²) in [5.74, 6) is 0.862.